The fourth-order valence-electron chi connectivity index (χ4n) is 3.50. The molecule has 0 saturated heterocycles. The van der Waals surface area contributed by atoms with Crippen molar-refractivity contribution in [3.8, 4) is 16.9 Å². The molecule has 2 aromatic rings. The van der Waals surface area contributed by atoms with Crippen LogP contribution in [0.5, 0.6) is 5.75 Å². The summed E-state index contributed by atoms with van der Waals surface area (Å²) in [6.07, 6.45) is 10.5. The van der Waals surface area contributed by atoms with Crippen LogP contribution in [0.2, 0.25) is 0 Å². The Morgan fingerprint density at radius 1 is 1.04 bits per heavy atom. The molecule has 0 spiro atoms. The van der Waals surface area contributed by atoms with E-state index >= 15 is 0 Å². The van der Waals surface area contributed by atoms with Crippen LogP contribution in [0.1, 0.15) is 31.2 Å². The van der Waals surface area contributed by atoms with Crippen molar-refractivity contribution < 1.29 is 17.9 Å². The van der Waals surface area contributed by atoms with Gasteiger partial charge in [0.2, 0.25) is 0 Å². The summed E-state index contributed by atoms with van der Waals surface area (Å²) in [5, 5.41) is 0. The van der Waals surface area contributed by atoms with Gasteiger partial charge in [0, 0.05) is 11.5 Å². The van der Waals surface area contributed by atoms with Crippen LogP contribution in [0.25, 0.3) is 11.1 Å². The van der Waals surface area contributed by atoms with Crippen molar-refractivity contribution in [2.24, 2.45) is 11.8 Å². The lowest BCUT2D eigenvalue weighted by molar-refractivity contribution is 0.245. The first-order valence-electron chi connectivity index (χ1n) is 9.66. The Kier molecular flexibility index (Phi) is 6.61. The second-order valence-electron chi connectivity index (χ2n) is 7.36. The van der Waals surface area contributed by atoms with E-state index in [1.165, 1.54) is 31.2 Å². The van der Waals surface area contributed by atoms with Crippen LogP contribution in [0, 0.1) is 36.2 Å². The summed E-state index contributed by atoms with van der Waals surface area (Å²) < 4.78 is 48.0. The van der Waals surface area contributed by atoms with Gasteiger partial charge in [-0.25, -0.2) is 13.2 Å². The molecule has 1 aliphatic rings. The maximum absolute atomic E-state index is 14.4. The monoisotopic (exact) mass is 386 g/mol. The summed E-state index contributed by atoms with van der Waals surface area (Å²) in [5.41, 5.74) is 0.534. The quantitative estimate of drug-likeness (QED) is 0.465. The third-order valence-corrected chi connectivity index (χ3v) is 5.28. The average Bonchev–Trinajstić information content (AvgIpc) is 2.70. The molecule has 0 fully saturated rings. The molecule has 2 atom stereocenters. The fraction of sp³-hybridized carbons (Fsp3) is 0.333. The van der Waals surface area contributed by atoms with E-state index in [-0.39, 0.29) is 28.4 Å². The fourth-order valence-corrected chi connectivity index (χ4v) is 3.50. The van der Waals surface area contributed by atoms with Crippen molar-refractivity contribution in [1.29, 1.82) is 0 Å². The van der Waals surface area contributed by atoms with Gasteiger partial charge in [-0.1, -0.05) is 36.4 Å². The maximum atomic E-state index is 14.4. The van der Waals surface area contributed by atoms with E-state index < -0.39 is 17.5 Å². The standard InChI is InChI=1S/C24H25F3O/c1-3-4-5-17-7-9-18(10-8-17)15-28-22-13-11-19(14-21(22)25)20-12-6-16(2)23(26)24(20)27/h3,6-7,9,11-14,17-18H,1,4-5,8,10,15H2,2H3. The lowest BCUT2D eigenvalue weighted by Gasteiger charge is -2.22. The summed E-state index contributed by atoms with van der Waals surface area (Å²) in [5.74, 6) is -1.50. The van der Waals surface area contributed by atoms with Crippen molar-refractivity contribution in [3.63, 3.8) is 0 Å². The van der Waals surface area contributed by atoms with Crippen LogP contribution < -0.4 is 4.74 Å². The van der Waals surface area contributed by atoms with Gasteiger partial charge in [-0.05, 0) is 61.8 Å². The zero-order valence-electron chi connectivity index (χ0n) is 16.1. The van der Waals surface area contributed by atoms with Gasteiger partial charge in [0.05, 0.1) is 6.61 Å². The maximum Gasteiger partial charge on any atom is 0.166 e. The van der Waals surface area contributed by atoms with Crippen molar-refractivity contribution >= 4 is 0 Å². The molecule has 0 N–H and O–H groups in total. The summed E-state index contributed by atoms with van der Waals surface area (Å²) in [6, 6.07) is 7.14. The molecule has 2 aromatic carbocycles. The van der Waals surface area contributed by atoms with Crippen molar-refractivity contribution in [3.05, 3.63) is 78.2 Å². The SMILES string of the molecule is C=CCCC1C=CC(COc2ccc(-c3ccc(C)c(F)c3F)cc2F)CC1. The number of aryl methyl sites for hydroxylation is 1. The minimum atomic E-state index is -0.966. The first-order valence-corrected chi connectivity index (χ1v) is 9.66. The molecule has 28 heavy (non-hydrogen) atoms. The Morgan fingerprint density at radius 2 is 1.79 bits per heavy atom. The first kappa shape index (κ1) is 20.2. The molecule has 0 radical (unpaired) electrons. The normalized spacial score (nSPS) is 18.9. The molecule has 0 saturated carbocycles. The number of halogens is 3. The highest BCUT2D eigenvalue weighted by Crippen LogP contribution is 2.31. The predicted molar refractivity (Wildman–Crippen MR) is 107 cm³/mol. The van der Waals surface area contributed by atoms with Gasteiger partial charge < -0.3 is 4.74 Å². The number of ether oxygens (including phenoxy) is 1. The smallest absolute Gasteiger partial charge is 0.166 e. The number of benzene rings is 2. The number of allylic oxidation sites excluding steroid dienone is 2. The number of hydrogen-bond donors (Lipinski definition) is 0. The van der Waals surface area contributed by atoms with E-state index in [2.05, 4.69) is 18.7 Å². The third-order valence-electron chi connectivity index (χ3n) is 5.28. The topological polar surface area (TPSA) is 9.23 Å². The molecular weight excluding hydrogens is 361 g/mol. The number of rotatable bonds is 7. The van der Waals surface area contributed by atoms with E-state index in [0.717, 1.165) is 25.7 Å². The Hall–Kier alpha value is -2.49. The minimum Gasteiger partial charge on any atom is -0.490 e. The zero-order chi connectivity index (χ0) is 20.1. The van der Waals surface area contributed by atoms with E-state index in [0.29, 0.717) is 12.5 Å². The molecule has 2 unspecified atom stereocenters. The summed E-state index contributed by atoms with van der Waals surface area (Å²) >= 11 is 0. The minimum absolute atomic E-state index is 0.0364. The molecule has 0 bridgehead atoms. The van der Waals surface area contributed by atoms with Crippen LogP contribution >= 0.6 is 0 Å². The Morgan fingerprint density at radius 3 is 2.46 bits per heavy atom. The highest BCUT2D eigenvalue weighted by Gasteiger charge is 2.18. The molecular formula is C24H25F3O. The molecule has 3 rings (SSSR count). The van der Waals surface area contributed by atoms with Gasteiger partial charge in [-0.15, -0.1) is 6.58 Å². The molecule has 0 amide bonds. The Bertz CT molecular complexity index is 872. The van der Waals surface area contributed by atoms with E-state index in [9.17, 15) is 13.2 Å². The molecule has 1 nitrogen and oxygen atoms in total. The number of hydrogen-bond acceptors (Lipinski definition) is 1. The van der Waals surface area contributed by atoms with Gasteiger partial charge in [0.25, 0.3) is 0 Å². The predicted octanol–water partition coefficient (Wildman–Crippen LogP) is 7.01. The third kappa shape index (κ3) is 4.67. The summed E-state index contributed by atoms with van der Waals surface area (Å²) in [7, 11) is 0. The van der Waals surface area contributed by atoms with Crippen LogP contribution in [0.3, 0.4) is 0 Å². The van der Waals surface area contributed by atoms with Gasteiger partial charge in [0.15, 0.2) is 23.2 Å². The molecule has 148 valence electrons. The van der Waals surface area contributed by atoms with Crippen LogP contribution in [0.15, 0.2) is 55.1 Å². The van der Waals surface area contributed by atoms with E-state index in [1.807, 2.05) is 6.08 Å². The van der Waals surface area contributed by atoms with Gasteiger partial charge in [0.1, 0.15) is 0 Å². The lowest BCUT2D eigenvalue weighted by Crippen LogP contribution is -2.16. The highest BCUT2D eigenvalue weighted by atomic mass is 19.2. The molecule has 0 aliphatic heterocycles. The second-order valence-corrected chi connectivity index (χ2v) is 7.36. The Balaban J connectivity index is 1.64. The summed E-state index contributed by atoms with van der Waals surface area (Å²) in [6.45, 7) is 5.64. The van der Waals surface area contributed by atoms with E-state index in [4.69, 9.17) is 4.74 Å². The van der Waals surface area contributed by atoms with Crippen molar-refractivity contribution in [2.75, 3.05) is 6.61 Å². The highest BCUT2D eigenvalue weighted by molar-refractivity contribution is 5.65. The van der Waals surface area contributed by atoms with Gasteiger partial charge in [-0.2, -0.15) is 0 Å². The lowest BCUT2D eigenvalue weighted by atomic mass is 9.86. The van der Waals surface area contributed by atoms with Crippen LogP contribution in [-0.2, 0) is 0 Å². The van der Waals surface area contributed by atoms with Crippen LogP contribution in [0.4, 0.5) is 13.2 Å². The van der Waals surface area contributed by atoms with Crippen LogP contribution in [-0.4, -0.2) is 6.61 Å². The van der Waals surface area contributed by atoms with Crippen molar-refractivity contribution in [1.82, 2.24) is 0 Å². The average molecular weight is 386 g/mol. The molecule has 4 heteroatoms. The molecule has 0 aromatic heterocycles. The zero-order valence-corrected chi connectivity index (χ0v) is 16.1. The molecule has 0 heterocycles. The molecule has 1 aliphatic carbocycles. The second kappa shape index (κ2) is 9.13. The largest absolute Gasteiger partial charge is 0.490 e. The first-order chi connectivity index (χ1) is 13.5. The van der Waals surface area contributed by atoms with E-state index in [1.54, 1.807) is 6.07 Å². The van der Waals surface area contributed by atoms with Gasteiger partial charge >= 0.3 is 0 Å². The van der Waals surface area contributed by atoms with Crippen molar-refractivity contribution in [2.45, 2.75) is 32.6 Å². The Labute approximate surface area is 164 Å². The summed E-state index contributed by atoms with van der Waals surface area (Å²) in [4.78, 5) is 0. The van der Waals surface area contributed by atoms with Gasteiger partial charge in [-0.3, -0.25) is 0 Å².